The van der Waals surface area contributed by atoms with Gasteiger partial charge in [-0.2, -0.15) is 0 Å². The van der Waals surface area contributed by atoms with E-state index in [1.54, 1.807) is 0 Å². The third-order valence-corrected chi connectivity index (χ3v) is 3.23. The molecule has 2 aliphatic heterocycles. The van der Waals surface area contributed by atoms with Crippen LogP contribution in [0.1, 0.15) is 19.3 Å². The maximum atomic E-state index is 12.0. The summed E-state index contributed by atoms with van der Waals surface area (Å²) in [7, 11) is 1.89. The van der Waals surface area contributed by atoms with Crippen molar-refractivity contribution in [2.45, 2.75) is 25.4 Å². The van der Waals surface area contributed by atoms with Crippen LogP contribution in [-0.2, 0) is 9.53 Å². The Morgan fingerprint density at radius 1 is 1.47 bits per heavy atom. The predicted octanol–water partition coefficient (Wildman–Crippen LogP) is 0.233. The lowest BCUT2D eigenvalue weighted by atomic mass is 10.0. The third kappa shape index (κ3) is 2.69. The van der Waals surface area contributed by atoms with Gasteiger partial charge in [0, 0.05) is 39.2 Å². The second-order valence-corrected chi connectivity index (χ2v) is 4.60. The number of nitrogens with one attached hydrogen (secondary N) is 1. The highest BCUT2D eigenvalue weighted by Crippen LogP contribution is 2.15. The van der Waals surface area contributed by atoms with Crippen LogP contribution >= 0.6 is 0 Å². The molecule has 0 saturated carbocycles. The number of carbonyl (C=O) groups excluding carboxylic acids is 1. The van der Waals surface area contributed by atoms with Crippen molar-refractivity contribution >= 4 is 5.91 Å². The van der Waals surface area contributed by atoms with Crippen molar-refractivity contribution in [3.05, 3.63) is 0 Å². The first kappa shape index (κ1) is 10.9. The maximum Gasteiger partial charge on any atom is 0.251 e. The Balaban J connectivity index is 1.77. The van der Waals surface area contributed by atoms with E-state index in [-0.39, 0.29) is 12.0 Å². The van der Waals surface area contributed by atoms with Crippen molar-refractivity contribution in [1.82, 2.24) is 10.2 Å². The summed E-state index contributed by atoms with van der Waals surface area (Å²) in [6.07, 6.45) is 2.94. The molecule has 2 fully saturated rings. The summed E-state index contributed by atoms with van der Waals surface area (Å²) in [5.74, 6) is 0.809. The van der Waals surface area contributed by atoms with E-state index in [9.17, 15) is 4.79 Å². The van der Waals surface area contributed by atoms with Crippen molar-refractivity contribution in [3.63, 3.8) is 0 Å². The van der Waals surface area contributed by atoms with Crippen molar-refractivity contribution in [1.29, 1.82) is 0 Å². The molecule has 15 heavy (non-hydrogen) atoms. The van der Waals surface area contributed by atoms with Gasteiger partial charge in [-0.1, -0.05) is 0 Å². The molecule has 1 amide bonds. The third-order valence-electron chi connectivity index (χ3n) is 3.23. The Morgan fingerprint density at radius 3 is 2.80 bits per heavy atom. The first-order valence-electron chi connectivity index (χ1n) is 5.84. The van der Waals surface area contributed by atoms with E-state index in [2.05, 4.69) is 5.32 Å². The Labute approximate surface area is 91.0 Å². The fourth-order valence-electron chi connectivity index (χ4n) is 2.14. The van der Waals surface area contributed by atoms with Gasteiger partial charge in [0.1, 0.15) is 6.10 Å². The van der Waals surface area contributed by atoms with Gasteiger partial charge in [-0.25, -0.2) is 0 Å². The number of rotatable bonds is 3. The van der Waals surface area contributed by atoms with E-state index in [1.807, 2.05) is 11.9 Å². The number of carbonyl (C=O) groups is 1. The van der Waals surface area contributed by atoms with E-state index in [1.165, 1.54) is 0 Å². The molecule has 0 aromatic carbocycles. The van der Waals surface area contributed by atoms with Crippen LogP contribution in [0.4, 0.5) is 0 Å². The number of hydrogen-bond acceptors (Lipinski definition) is 3. The fourth-order valence-corrected chi connectivity index (χ4v) is 2.14. The lowest BCUT2D eigenvalue weighted by Crippen LogP contribution is -2.50. The summed E-state index contributed by atoms with van der Waals surface area (Å²) in [6.45, 7) is 3.70. The zero-order chi connectivity index (χ0) is 10.7. The monoisotopic (exact) mass is 212 g/mol. The normalized spacial score (nSPS) is 27.1. The fraction of sp³-hybridized carbons (Fsp3) is 0.909. The van der Waals surface area contributed by atoms with Crippen molar-refractivity contribution < 1.29 is 9.53 Å². The lowest BCUT2D eigenvalue weighted by molar-refractivity contribution is -0.145. The SMILES string of the molecule is CN(CC1CNC1)C(=O)C1CCCCO1. The molecule has 4 nitrogen and oxygen atoms in total. The van der Waals surface area contributed by atoms with Gasteiger partial charge < -0.3 is 15.0 Å². The Kier molecular flexibility index (Phi) is 3.59. The Bertz CT molecular complexity index is 223. The zero-order valence-electron chi connectivity index (χ0n) is 9.37. The second kappa shape index (κ2) is 4.94. The summed E-state index contributed by atoms with van der Waals surface area (Å²) in [4.78, 5) is 13.8. The number of amides is 1. The summed E-state index contributed by atoms with van der Waals surface area (Å²) in [5.41, 5.74) is 0. The van der Waals surface area contributed by atoms with Crippen LogP contribution in [0.5, 0.6) is 0 Å². The molecule has 1 atom stereocenters. The van der Waals surface area contributed by atoms with Gasteiger partial charge in [-0.15, -0.1) is 0 Å². The summed E-state index contributed by atoms with van der Waals surface area (Å²) in [5, 5.41) is 3.22. The maximum absolute atomic E-state index is 12.0. The summed E-state index contributed by atoms with van der Waals surface area (Å²) < 4.78 is 5.49. The molecule has 1 unspecified atom stereocenters. The van der Waals surface area contributed by atoms with E-state index >= 15 is 0 Å². The van der Waals surface area contributed by atoms with Crippen LogP contribution in [0.3, 0.4) is 0 Å². The van der Waals surface area contributed by atoms with Crippen LogP contribution in [0, 0.1) is 5.92 Å². The van der Waals surface area contributed by atoms with Gasteiger partial charge >= 0.3 is 0 Å². The van der Waals surface area contributed by atoms with Gasteiger partial charge in [-0.3, -0.25) is 4.79 Å². The first-order valence-corrected chi connectivity index (χ1v) is 5.84. The molecule has 2 saturated heterocycles. The van der Waals surface area contributed by atoms with Crippen molar-refractivity contribution in [3.8, 4) is 0 Å². The largest absolute Gasteiger partial charge is 0.368 e. The number of nitrogens with zero attached hydrogens (tertiary/aromatic N) is 1. The minimum absolute atomic E-state index is 0.168. The van der Waals surface area contributed by atoms with Crippen LogP contribution in [-0.4, -0.2) is 50.2 Å². The van der Waals surface area contributed by atoms with Crippen LogP contribution < -0.4 is 5.32 Å². The molecule has 0 aromatic heterocycles. The van der Waals surface area contributed by atoms with E-state index in [0.29, 0.717) is 5.92 Å². The van der Waals surface area contributed by atoms with Crippen LogP contribution in [0.15, 0.2) is 0 Å². The van der Waals surface area contributed by atoms with Crippen molar-refractivity contribution in [2.75, 3.05) is 33.3 Å². The minimum Gasteiger partial charge on any atom is -0.368 e. The quantitative estimate of drug-likeness (QED) is 0.728. The van der Waals surface area contributed by atoms with Gasteiger partial charge in [0.2, 0.25) is 0 Å². The predicted molar refractivity (Wildman–Crippen MR) is 57.6 cm³/mol. The molecule has 0 radical (unpaired) electrons. The van der Waals surface area contributed by atoms with Gasteiger partial charge in [-0.05, 0) is 19.3 Å². The van der Waals surface area contributed by atoms with Gasteiger partial charge in [0.25, 0.3) is 5.91 Å². The Morgan fingerprint density at radius 2 is 2.27 bits per heavy atom. The summed E-state index contributed by atoms with van der Waals surface area (Å²) in [6, 6.07) is 0. The topological polar surface area (TPSA) is 41.6 Å². The van der Waals surface area contributed by atoms with E-state index < -0.39 is 0 Å². The molecule has 1 N–H and O–H groups in total. The molecule has 0 aromatic rings. The highest BCUT2D eigenvalue weighted by Gasteiger charge is 2.27. The smallest absolute Gasteiger partial charge is 0.251 e. The first-order chi connectivity index (χ1) is 7.27. The molecule has 2 aliphatic rings. The molecule has 0 bridgehead atoms. The molecule has 4 heteroatoms. The molecular formula is C11H20N2O2. The van der Waals surface area contributed by atoms with Crippen LogP contribution in [0.25, 0.3) is 0 Å². The van der Waals surface area contributed by atoms with Crippen LogP contribution in [0.2, 0.25) is 0 Å². The molecule has 86 valence electrons. The average molecular weight is 212 g/mol. The number of ether oxygens (including phenoxy) is 1. The Hall–Kier alpha value is -0.610. The second-order valence-electron chi connectivity index (χ2n) is 4.60. The molecule has 2 heterocycles. The summed E-state index contributed by atoms with van der Waals surface area (Å²) >= 11 is 0. The zero-order valence-corrected chi connectivity index (χ0v) is 9.37. The van der Waals surface area contributed by atoms with Gasteiger partial charge in [0.15, 0.2) is 0 Å². The molecule has 2 rings (SSSR count). The molecule has 0 spiro atoms. The number of hydrogen-bond donors (Lipinski definition) is 1. The lowest BCUT2D eigenvalue weighted by Gasteiger charge is -2.33. The minimum atomic E-state index is -0.170. The van der Waals surface area contributed by atoms with E-state index in [0.717, 1.165) is 45.5 Å². The van der Waals surface area contributed by atoms with Crippen molar-refractivity contribution in [2.24, 2.45) is 5.92 Å². The van der Waals surface area contributed by atoms with Gasteiger partial charge in [0.05, 0.1) is 0 Å². The highest BCUT2D eigenvalue weighted by molar-refractivity contribution is 5.80. The molecule has 0 aliphatic carbocycles. The van der Waals surface area contributed by atoms with E-state index in [4.69, 9.17) is 4.74 Å². The number of likely N-dealkylation sites (N-methyl/N-ethyl adjacent to an activating group) is 1. The highest BCUT2D eigenvalue weighted by atomic mass is 16.5. The average Bonchev–Trinajstić information content (AvgIpc) is 2.23. The molecular weight excluding hydrogens is 192 g/mol. The standard InChI is InChI=1S/C11H20N2O2/c1-13(8-9-6-12-7-9)11(14)10-4-2-3-5-15-10/h9-10,12H,2-8H2,1H3.